The van der Waals surface area contributed by atoms with Crippen LogP contribution in [-0.4, -0.2) is 31.2 Å². The number of aromatic nitrogens is 2. The SMILES string of the molecule is CNS(=O)(=O)c1cc(NC(=O)c2nn(C)c(=O)c3ccccc23)ccc1C. The largest absolute Gasteiger partial charge is 0.321 e. The van der Waals surface area contributed by atoms with E-state index in [0.29, 0.717) is 22.0 Å². The van der Waals surface area contributed by atoms with E-state index in [-0.39, 0.29) is 16.1 Å². The highest BCUT2D eigenvalue weighted by Gasteiger charge is 2.18. The van der Waals surface area contributed by atoms with Gasteiger partial charge in [-0.25, -0.2) is 17.8 Å². The summed E-state index contributed by atoms with van der Waals surface area (Å²) in [5.41, 5.74) is 0.623. The second-order valence-electron chi connectivity index (χ2n) is 5.96. The first kappa shape index (κ1) is 18.7. The molecule has 0 unspecified atom stereocenters. The first-order valence-corrected chi connectivity index (χ1v) is 9.54. The van der Waals surface area contributed by atoms with E-state index >= 15 is 0 Å². The smallest absolute Gasteiger partial charge is 0.276 e. The van der Waals surface area contributed by atoms with E-state index in [9.17, 15) is 18.0 Å². The van der Waals surface area contributed by atoms with Crippen molar-refractivity contribution in [3.8, 4) is 0 Å². The highest BCUT2D eigenvalue weighted by molar-refractivity contribution is 7.89. The predicted octanol–water partition coefficient (Wildman–Crippen LogP) is 1.40. The summed E-state index contributed by atoms with van der Waals surface area (Å²) < 4.78 is 27.6. The second-order valence-corrected chi connectivity index (χ2v) is 7.82. The molecule has 140 valence electrons. The fourth-order valence-corrected chi connectivity index (χ4v) is 3.73. The van der Waals surface area contributed by atoms with Gasteiger partial charge in [-0.3, -0.25) is 9.59 Å². The number of amides is 1. The molecule has 0 radical (unpaired) electrons. The summed E-state index contributed by atoms with van der Waals surface area (Å²) in [4.78, 5) is 25.0. The molecule has 0 bridgehead atoms. The maximum Gasteiger partial charge on any atom is 0.276 e. The van der Waals surface area contributed by atoms with Crippen LogP contribution in [0.1, 0.15) is 16.1 Å². The Morgan fingerprint density at radius 2 is 1.78 bits per heavy atom. The minimum Gasteiger partial charge on any atom is -0.321 e. The zero-order valence-corrected chi connectivity index (χ0v) is 15.8. The Labute approximate surface area is 155 Å². The van der Waals surface area contributed by atoms with Gasteiger partial charge in [-0.1, -0.05) is 24.3 Å². The Balaban J connectivity index is 2.05. The van der Waals surface area contributed by atoms with Gasteiger partial charge in [0.25, 0.3) is 11.5 Å². The van der Waals surface area contributed by atoms with E-state index < -0.39 is 15.9 Å². The van der Waals surface area contributed by atoms with E-state index in [1.165, 1.54) is 20.2 Å². The Kier molecular flexibility index (Phi) is 4.81. The first-order valence-electron chi connectivity index (χ1n) is 8.06. The Hall–Kier alpha value is -3.04. The summed E-state index contributed by atoms with van der Waals surface area (Å²) >= 11 is 0. The molecule has 1 heterocycles. The van der Waals surface area contributed by atoms with Crippen molar-refractivity contribution in [3.63, 3.8) is 0 Å². The van der Waals surface area contributed by atoms with Crippen molar-refractivity contribution in [3.05, 3.63) is 64.1 Å². The maximum absolute atomic E-state index is 12.8. The number of rotatable bonds is 4. The number of carbonyl (C=O) groups is 1. The molecular formula is C18H18N4O4S. The fraction of sp³-hybridized carbons (Fsp3) is 0.167. The summed E-state index contributed by atoms with van der Waals surface area (Å²) in [6.07, 6.45) is 0. The van der Waals surface area contributed by atoms with Crippen molar-refractivity contribution in [2.75, 3.05) is 12.4 Å². The number of carbonyl (C=O) groups excluding carboxylic acids is 1. The summed E-state index contributed by atoms with van der Waals surface area (Å²) in [7, 11) is -0.874. The lowest BCUT2D eigenvalue weighted by Gasteiger charge is -2.11. The van der Waals surface area contributed by atoms with E-state index in [1.807, 2.05) is 0 Å². The number of nitrogens with zero attached hydrogens (tertiary/aromatic N) is 2. The molecule has 0 atom stereocenters. The number of hydrogen-bond acceptors (Lipinski definition) is 5. The molecule has 3 aromatic rings. The average Bonchev–Trinajstić information content (AvgIpc) is 2.66. The van der Waals surface area contributed by atoms with Crippen LogP contribution in [0.3, 0.4) is 0 Å². The molecule has 0 fully saturated rings. The van der Waals surface area contributed by atoms with Crippen molar-refractivity contribution in [2.45, 2.75) is 11.8 Å². The molecule has 2 aromatic carbocycles. The molecule has 0 aliphatic carbocycles. The Morgan fingerprint density at radius 1 is 1.11 bits per heavy atom. The molecule has 0 aliphatic heterocycles. The zero-order valence-electron chi connectivity index (χ0n) is 15.0. The van der Waals surface area contributed by atoms with Gasteiger partial charge in [0.15, 0.2) is 5.69 Å². The van der Waals surface area contributed by atoms with Crippen molar-refractivity contribution in [2.24, 2.45) is 7.05 Å². The molecule has 0 saturated carbocycles. The van der Waals surface area contributed by atoms with Crippen molar-refractivity contribution in [1.29, 1.82) is 0 Å². The molecule has 1 amide bonds. The molecule has 2 N–H and O–H groups in total. The van der Waals surface area contributed by atoms with Gasteiger partial charge < -0.3 is 5.32 Å². The Bertz CT molecular complexity index is 1220. The van der Waals surface area contributed by atoms with Gasteiger partial charge in [0.2, 0.25) is 10.0 Å². The molecular weight excluding hydrogens is 368 g/mol. The third-order valence-electron chi connectivity index (χ3n) is 4.18. The normalized spacial score (nSPS) is 11.5. The lowest BCUT2D eigenvalue weighted by Crippen LogP contribution is -2.25. The van der Waals surface area contributed by atoms with Crippen LogP contribution in [0.4, 0.5) is 5.69 Å². The second kappa shape index (κ2) is 6.93. The topological polar surface area (TPSA) is 110 Å². The van der Waals surface area contributed by atoms with Gasteiger partial charge in [-0.05, 0) is 37.7 Å². The third kappa shape index (κ3) is 3.46. The number of sulfonamides is 1. The number of fused-ring (bicyclic) bond motifs is 1. The van der Waals surface area contributed by atoms with Crippen LogP contribution >= 0.6 is 0 Å². The Morgan fingerprint density at radius 3 is 2.44 bits per heavy atom. The first-order chi connectivity index (χ1) is 12.7. The van der Waals surface area contributed by atoms with Crippen LogP contribution in [-0.2, 0) is 17.1 Å². The predicted molar refractivity (Wildman–Crippen MR) is 102 cm³/mol. The van der Waals surface area contributed by atoms with Gasteiger partial charge in [-0.2, -0.15) is 5.10 Å². The van der Waals surface area contributed by atoms with Crippen LogP contribution < -0.4 is 15.6 Å². The average molecular weight is 386 g/mol. The van der Waals surface area contributed by atoms with Gasteiger partial charge in [0.1, 0.15) is 0 Å². The minimum absolute atomic E-state index is 0.0704. The van der Waals surface area contributed by atoms with E-state index in [2.05, 4.69) is 15.1 Å². The fourth-order valence-electron chi connectivity index (χ4n) is 2.74. The van der Waals surface area contributed by atoms with Crippen molar-refractivity contribution in [1.82, 2.24) is 14.5 Å². The van der Waals surface area contributed by atoms with Crippen molar-refractivity contribution < 1.29 is 13.2 Å². The number of hydrogen-bond donors (Lipinski definition) is 2. The number of nitrogens with one attached hydrogen (secondary N) is 2. The van der Waals surface area contributed by atoms with Gasteiger partial charge in [0.05, 0.1) is 10.3 Å². The molecule has 0 aliphatic rings. The lowest BCUT2D eigenvalue weighted by atomic mass is 10.1. The van der Waals surface area contributed by atoms with Crippen molar-refractivity contribution >= 4 is 32.4 Å². The molecule has 8 nitrogen and oxygen atoms in total. The molecule has 1 aromatic heterocycles. The molecule has 27 heavy (non-hydrogen) atoms. The highest BCUT2D eigenvalue weighted by atomic mass is 32.2. The van der Waals surface area contributed by atoms with Gasteiger partial charge in [0, 0.05) is 18.1 Å². The summed E-state index contributed by atoms with van der Waals surface area (Å²) in [6, 6.07) is 11.3. The highest BCUT2D eigenvalue weighted by Crippen LogP contribution is 2.21. The number of aryl methyl sites for hydroxylation is 2. The van der Waals surface area contributed by atoms with Gasteiger partial charge >= 0.3 is 0 Å². The molecule has 0 saturated heterocycles. The standard InChI is InChI=1S/C18H18N4O4S/c1-11-8-9-12(10-15(11)27(25,26)19-2)20-17(23)16-13-6-4-5-7-14(13)18(24)22(3)21-16/h4-10,19H,1-3H3,(H,20,23). The van der Waals surface area contributed by atoms with Crippen LogP contribution in [0.2, 0.25) is 0 Å². The number of anilines is 1. The van der Waals surface area contributed by atoms with Crippen LogP contribution in [0.25, 0.3) is 10.8 Å². The minimum atomic E-state index is -3.66. The molecule has 3 rings (SSSR count). The monoisotopic (exact) mass is 386 g/mol. The summed E-state index contributed by atoms with van der Waals surface area (Å²) in [5.74, 6) is -0.543. The molecule has 9 heteroatoms. The van der Waals surface area contributed by atoms with E-state index in [0.717, 1.165) is 4.68 Å². The van der Waals surface area contributed by atoms with Gasteiger partial charge in [-0.15, -0.1) is 0 Å². The zero-order chi connectivity index (χ0) is 19.8. The molecule has 0 spiro atoms. The summed E-state index contributed by atoms with van der Waals surface area (Å²) in [6.45, 7) is 1.66. The third-order valence-corrected chi connectivity index (χ3v) is 5.73. The lowest BCUT2D eigenvalue weighted by molar-refractivity contribution is 0.102. The van der Waals surface area contributed by atoms with E-state index in [1.54, 1.807) is 43.3 Å². The number of benzene rings is 2. The maximum atomic E-state index is 12.8. The quantitative estimate of drug-likeness (QED) is 0.704. The van der Waals surface area contributed by atoms with E-state index in [4.69, 9.17) is 0 Å². The summed E-state index contributed by atoms with van der Waals surface area (Å²) in [5, 5.41) is 7.52. The van der Waals surface area contributed by atoms with Crippen LogP contribution in [0, 0.1) is 6.92 Å². The van der Waals surface area contributed by atoms with Crippen LogP contribution in [0.5, 0.6) is 0 Å². The van der Waals surface area contributed by atoms with Crippen LogP contribution in [0.15, 0.2) is 52.2 Å².